The topological polar surface area (TPSA) is 85.0 Å². The molecule has 8 heteroatoms. The highest BCUT2D eigenvalue weighted by atomic mass is 35.5. The number of aromatic nitrogens is 4. The van der Waals surface area contributed by atoms with Crippen molar-refractivity contribution in [1.29, 1.82) is 0 Å². The molecule has 0 radical (unpaired) electrons. The molecular weight excluding hydrogens is 306 g/mol. The molecule has 22 heavy (non-hydrogen) atoms. The van der Waals surface area contributed by atoms with E-state index >= 15 is 0 Å². The van der Waals surface area contributed by atoms with Crippen LogP contribution in [0.5, 0.6) is 0 Å². The van der Waals surface area contributed by atoms with Gasteiger partial charge in [-0.05, 0) is 19.8 Å². The zero-order valence-corrected chi connectivity index (χ0v) is 13.2. The monoisotopic (exact) mass is 321 g/mol. The number of nitrogens with zero attached hydrogens (tertiary/aromatic N) is 5. The van der Waals surface area contributed by atoms with Crippen molar-refractivity contribution in [1.82, 2.24) is 25.0 Å². The van der Waals surface area contributed by atoms with Crippen molar-refractivity contribution in [2.45, 2.75) is 32.6 Å². The SMILES string of the molecule is Cc1ncc(Cl)c(C(=O)N2CCC[C@@H](c3noc(C)n3)C2)n1. The van der Waals surface area contributed by atoms with Gasteiger partial charge in [-0.25, -0.2) is 9.97 Å². The maximum Gasteiger partial charge on any atom is 0.274 e. The molecule has 7 nitrogen and oxygen atoms in total. The number of piperidine rings is 1. The first-order valence-electron chi connectivity index (χ1n) is 7.13. The molecular formula is C14H16ClN5O2. The molecule has 1 aliphatic rings. The van der Waals surface area contributed by atoms with Gasteiger partial charge in [0, 0.05) is 25.9 Å². The Balaban J connectivity index is 1.79. The van der Waals surface area contributed by atoms with Crippen LogP contribution in [0.3, 0.4) is 0 Å². The van der Waals surface area contributed by atoms with E-state index in [0.29, 0.717) is 30.6 Å². The third kappa shape index (κ3) is 2.94. The smallest absolute Gasteiger partial charge is 0.274 e. The number of carbonyl (C=O) groups is 1. The van der Waals surface area contributed by atoms with Crippen LogP contribution >= 0.6 is 11.6 Å². The van der Waals surface area contributed by atoms with E-state index in [-0.39, 0.29) is 22.5 Å². The summed E-state index contributed by atoms with van der Waals surface area (Å²) in [5, 5.41) is 4.23. The molecule has 1 saturated heterocycles. The molecule has 1 atom stereocenters. The highest BCUT2D eigenvalue weighted by Gasteiger charge is 2.29. The van der Waals surface area contributed by atoms with Gasteiger partial charge in [-0.2, -0.15) is 4.98 Å². The Morgan fingerprint density at radius 1 is 1.41 bits per heavy atom. The van der Waals surface area contributed by atoms with E-state index in [1.165, 1.54) is 6.20 Å². The largest absolute Gasteiger partial charge is 0.340 e. The van der Waals surface area contributed by atoms with Crippen molar-refractivity contribution in [2.24, 2.45) is 0 Å². The molecule has 0 bridgehead atoms. The number of amides is 1. The van der Waals surface area contributed by atoms with Crippen molar-refractivity contribution in [3.05, 3.63) is 34.5 Å². The van der Waals surface area contributed by atoms with Gasteiger partial charge in [-0.15, -0.1) is 0 Å². The Labute approximate surface area is 132 Å². The van der Waals surface area contributed by atoms with Crippen molar-refractivity contribution < 1.29 is 9.32 Å². The predicted octanol–water partition coefficient (Wildman–Crippen LogP) is 2.15. The van der Waals surface area contributed by atoms with Crippen LogP contribution in [0.2, 0.25) is 5.02 Å². The Hall–Kier alpha value is -2.02. The molecule has 1 amide bonds. The number of likely N-dealkylation sites (tertiary alicyclic amines) is 1. The zero-order chi connectivity index (χ0) is 15.7. The summed E-state index contributed by atoms with van der Waals surface area (Å²) in [5.74, 6) is 1.61. The van der Waals surface area contributed by atoms with Gasteiger partial charge in [-0.3, -0.25) is 4.79 Å². The average Bonchev–Trinajstić information content (AvgIpc) is 2.96. The minimum absolute atomic E-state index is 0.0804. The molecule has 1 aliphatic heterocycles. The van der Waals surface area contributed by atoms with E-state index < -0.39 is 0 Å². The summed E-state index contributed by atoms with van der Waals surface area (Å²) in [4.78, 5) is 26.8. The molecule has 116 valence electrons. The lowest BCUT2D eigenvalue weighted by Crippen LogP contribution is -2.40. The summed E-state index contributed by atoms with van der Waals surface area (Å²) in [6, 6.07) is 0. The lowest BCUT2D eigenvalue weighted by molar-refractivity contribution is 0.0697. The van der Waals surface area contributed by atoms with Crippen molar-refractivity contribution in [2.75, 3.05) is 13.1 Å². The van der Waals surface area contributed by atoms with Gasteiger partial charge >= 0.3 is 0 Å². The van der Waals surface area contributed by atoms with E-state index in [4.69, 9.17) is 16.1 Å². The van der Waals surface area contributed by atoms with Crippen LogP contribution < -0.4 is 0 Å². The van der Waals surface area contributed by atoms with Gasteiger partial charge in [0.15, 0.2) is 11.5 Å². The van der Waals surface area contributed by atoms with Crippen molar-refractivity contribution >= 4 is 17.5 Å². The van der Waals surface area contributed by atoms with Crippen LogP contribution in [-0.2, 0) is 0 Å². The number of hydrogen-bond donors (Lipinski definition) is 0. The lowest BCUT2D eigenvalue weighted by atomic mass is 9.97. The molecule has 0 saturated carbocycles. The normalized spacial score (nSPS) is 18.5. The van der Waals surface area contributed by atoms with Gasteiger partial charge < -0.3 is 9.42 Å². The molecule has 0 unspecified atom stereocenters. The van der Waals surface area contributed by atoms with Crippen molar-refractivity contribution in [3.8, 4) is 0 Å². The second kappa shape index (κ2) is 6.00. The maximum absolute atomic E-state index is 12.6. The third-order valence-electron chi connectivity index (χ3n) is 3.68. The minimum Gasteiger partial charge on any atom is -0.340 e. The molecule has 0 aromatic carbocycles. The fourth-order valence-electron chi connectivity index (χ4n) is 2.61. The molecule has 2 aromatic rings. The van der Waals surface area contributed by atoms with Crippen LogP contribution in [0.4, 0.5) is 0 Å². The quantitative estimate of drug-likeness (QED) is 0.842. The van der Waals surface area contributed by atoms with Gasteiger partial charge in [0.1, 0.15) is 5.82 Å². The standard InChI is InChI=1S/C14H16ClN5O2/c1-8-16-6-11(15)12(17-8)14(21)20-5-3-4-10(7-20)13-18-9(2)22-19-13/h6,10H,3-5,7H2,1-2H3/t10-/m1/s1. The fourth-order valence-corrected chi connectivity index (χ4v) is 2.78. The number of hydrogen-bond acceptors (Lipinski definition) is 6. The van der Waals surface area contributed by atoms with E-state index in [2.05, 4.69) is 20.1 Å². The van der Waals surface area contributed by atoms with Gasteiger partial charge in [0.2, 0.25) is 5.89 Å². The second-order valence-electron chi connectivity index (χ2n) is 5.38. The summed E-state index contributed by atoms with van der Waals surface area (Å²) in [6.07, 6.45) is 3.27. The number of rotatable bonds is 2. The van der Waals surface area contributed by atoms with Crippen LogP contribution in [-0.4, -0.2) is 44.0 Å². The molecule has 0 aliphatic carbocycles. The van der Waals surface area contributed by atoms with Gasteiger partial charge in [0.05, 0.1) is 11.2 Å². The van der Waals surface area contributed by atoms with Crippen LogP contribution in [0.1, 0.15) is 46.8 Å². The van der Waals surface area contributed by atoms with E-state index in [0.717, 1.165) is 12.8 Å². The van der Waals surface area contributed by atoms with E-state index in [1.54, 1.807) is 18.7 Å². The number of carbonyl (C=O) groups excluding carboxylic acids is 1. The van der Waals surface area contributed by atoms with Crippen LogP contribution in [0, 0.1) is 13.8 Å². The Morgan fingerprint density at radius 2 is 2.23 bits per heavy atom. The maximum atomic E-state index is 12.6. The first kappa shape index (κ1) is 14.9. The zero-order valence-electron chi connectivity index (χ0n) is 12.4. The Kier molecular flexibility index (Phi) is 4.06. The van der Waals surface area contributed by atoms with Gasteiger partial charge in [-0.1, -0.05) is 16.8 Å². The predicted molar refractivity (Wildman–Crippen MR) is 78.7 cm³/mol. The molecule has 3 rings (SSSR count). The fraction of sp³-hybridized carbons (Fsp3) is 0.500. The highest BCUT2D eigenvalue weighted by Crippen LogP contribution is 2.26. The lowest BCUT2D eigenvalue weighted by Gasteiger charge is -2.31. The van der Waals surface area contributed by atoms with Crippen molar-refractivity contribution in [3.63, 3.8) is 0 Å². The van der Waals surface area contributed by atoms with Crippen LogP contribution in [0.15, 0.2) is 10.7 Å². The summed E-state index contributed by atoms with van der Waals surface area (Å²) in [5.41, 5.74) is 0.249. The average molecular weight is 322 g/mol. The van der Waals surface area contributed by atoms with E-state index in [9.17, 15) is 4.79 Å². The third-order valence-corrected chi connectivity index (χ3v) is 3.96. The molecule has 1 fully saturated rings. The summed E-state index contributed by atoms with van der Waals surface area (Å²) in [6.45, 7) is 4.70. The van der Waals surface area contributed by atoms with Gasteiger partial charge in [0.25, 0.3) is 5.91 Å². The summed E-state index contributed by atoms with van der Waals surface area (Å²) < 4.78 is 5.03. The molecule has 2 aromatic heterocycles. The Bertz CT molecular complexity index is 702. The van der Waals surface area contributed by atoms with E-state index in [1.807, 2.05) is 0 Å². The molecule has 0 spiro atoms. The highest BCUT2D eigenvalue weighted by molar-refractivity contribution is 6.33. The second-order valence-corrected chi connectivity index (χ2v) is 5.78. The first-order chi connectivity index (χ1) is 10.5. The first-order valence-corrected chi connectivity index (χ1v) is 7.51. The molecule has 0 N–H and O–H groups in total. The summed E-state index contributed by atoms with van der Waals surface area (Å²) in [7, 11) is 0. The number of halogens is 1. The summed E-state index contributed by atoms with van der Waals surface area (Å²) >= 11 is 6.05. The Morgan fingerprint density at radius 3 is 2.95 bits per heavy atom. The minimum atomic E-state index is -0.180. The van der Waals surface area contributed by atoms with Crippen LogP contribution in [0.25, 0.3) is 0 Å². The number of aryl methyl sites for hydroxylation is 2. The molecule has 3 heterocycles.